The minimum absolute atomic E-state index is 0.176. The summed E-state index contributed by atoms with van der Waals surface area (Å²) in [6.45, 7) is 2.01. The van der Waals surface area contributed by atoms with Crippen molar-refractivity contribution in [3.05, 3.63) is 40.1 Å². The van der Waals surface area contributed by atoms with E-state index in [9.17, 15) is 0 Å². The van der Waals surface area contributed by atoms with Crippen LogP contribution in [0.4, 0.5) is 5.69 Å². The van der Waals surface area contributed by atoms with Crippen molar-refractivity contribution in [2.45, 2.75) is 6.92 Å². The smallest absolute Gasteiger partial charge is 0.162 e. The Hall–Kier alpha value is -1.32. The molecular weight excluding hydrogens is 245 g/mol. The highest BCUT2D eigenvalue weighted by molar-refractivity contribution is 6.37. The van der Waals surface area contributed by atoms with Crippen LogP contribution in [-0.4, -0.2) is 9.97 Å². The van der Waals surface area contributed by atoms with E-state index < -0.39 is 0 Å². The van der Waals surface area contributed by atoms with Gasteiger partial charge in [-0.25, -0.2) is 9.97 Å². The van der Waals surface area contributed by atoms with E-state index in [2.05, 4.69) is 9.97 Å². The van der Waals surface area contributed by atoms with Crippen LogP contribution in [0.15, 0.2) is 24.3 Å². The minimum Gasteiger partial charge on any atom is -0.394 e. The average molecular weight is 254 g/mol. The summed E-state index contributed by atoms with van der Waals surface area (Å²) in [5, 5.41) is 0.353. The van der Waals surface area contributed by atoms with Gasteiger partial charge in [-0.2, -0.15) is 0 Å². The summed E-state index contributed by atoms with van der Waals surface area (Å²) in [5.41, 5.74) is 7.79. The maximum atomic E-state index is 5.84. The summed E-state index contributed by atoms with van der Waals surface area (Å²) in [6.07, 6.45) is 0. The Bertz CT molecular complexity index is 500. The fourth-order valence-electron chi connectivity index (χ4n) is 1.25. The first-order valence-electron chi connectivity index (χ1n) is 4.63. The molecule has 0 spiro atoms. The van der Waals surface area contributed by atoms with E-state index in [0.717, 1.165) is 11.1 Å². The highest BCUT2D eigenvalue weighted by Crippen LogP contribution is 2.27. The second-order valence-electron chi connectivity index (χ2n) is 3.41. The van der Waals surface area contributed by atoms with Gasteiger partial charge >= 0.3 is 0 Å². The number of anilines is 1. The molecule has 0 saturated carbocycles. The van der Waals surface area contributed by atoms with Gasteiger partial charge in [0.15, 0.2) is 16.1 Å². The third-order valence-corrected chi connectivity index (χ3v) is 2.74. The van der Waals surface area contributed by atoms with Gasteiger partial charge in [0.1, 0.15) is 5.69 Å². The third kappa shape index (κ3) is 2.10. The van der Waals surface area contributed by atoms with E-state index >= 15 is 0 Å². The molecule has 0 amide bonds. The zero-order valence-corrected chi connectivity index (χ0v) is 10.0. The molecule has 2 aromatic rings. The lowest BCUT2D eigenvalue weighted by atomic mass is 10.1. The maximum absolute atomic E-state index is 5.84. The van der Waals surface area contributed by atoms with Crippen molar-refractivity contribution in [1.82, 2.24) is 9.97 Å². The molecule has 82 valence electrons. The number of nitrogens with two attached hydrogens (primary N) is 1. The first kappa shape index (κ1) is 11.2. The van der Waals surface area contributed by atoms with Crippen LogP contribution in [0.2, 0.25) is 10.3 Å². The molecule has 0 aliphatic carbocycles. The molecule has 2 rings (SSSR count). The summed E-state index contributed by atoms with van der Waals surface area (Å²) in [5.74, 6) is 0.476. The van der Waals surface area contributed by atoms with Crippen molar-refractivity contribution < 1.29 is 0 Å². The van der Waals surface area contributed by atoms with E-state index in [1.165, 1.54) is 0 Å². The van der Waals surface area contributed by atoms with Gasteiger partial charge in [-0.1, -0.05) is 53.0 Å². The first-order valence-corrected chi connectivity index (χ1v) is 5.39. The lowest BCUT2D eigenvalue weighted by molar-refractivity contribution is 1.18. The largest absolute Gasteiger partial charge is 0.394 e. The van der Waals surface area contributed by atoms with Gasteiger partial charge in [0, 0.05) is 5.56 Å². The Morgan fingerprint density at radius 3 is 2.00 bits per heavy atom. The van der Waals surface area contributed by atoms with Gasteiger partial charge in [-0.15, -0.1) is 0 Å². The molecule has 0 unspecified atom stereocenters. The monoisotopic (exact) mass is 253 g/mol. The number of nitrogens with zero attached hydrogens (tertiary/aromatic N) is 2. The Morgan fingerprint density at radius 1 is 1.00 bits per heavy atom. The zero-order valence-electron chi connectivity index (χ0n) is 8.54. The van der Waals surface area contributed by atoms with Crippen LogP contribution in [0, 0.1) is 6.92 Å². The summed E-state index contributed by atoms with van der Waals surface area (Å²) in [4.78, 5) is 8.16. The standard InChI is InChI=1S/C11H9Cl2N3/c1-6-2-4-7(5-3-6)11-15-9(12)8(14)10(13)16-11/h2-5H,14H2,1H3. The predicted molar refractivity (Wildman–Crippen MR) is 66.6 cm³/mol. The molecule has 1 heterocycles. The molecular formula is C11H9Cl2N3. The zero-order chi connectivity index (χ0) is 11.7. The molecule has 3 nitrogen and oxygen atoms in total. The van der Waals surface area contributed by atoms with Crippen molar-refractivity contribution in [3.63, 3.8) is 0 Å². The number of hydrogen-bond donors (Lipinski definition) is 1. The molecule has 0 fully saturated rings. The van der Waals surface area contributed by atoms with E-state index in [1.54, 1.807) is 0 Å². The fourth-order valence-corrected chi connectivity index (χ4v) is 1.64. The minimum atomic E-state index is 0.176. The number of aryl methyl sites for hydroxylation is 1. The third-order valence-electron chi connectivity index (χ3n) is 2.16. The topological polar surface area (TPSA) is 51.8 Å². The van der Waals surface area contributed by atoms with Crippen LogP contribution in [0.1, 0.15) is 5.56 Å². The van der Waals surface area contributed by atoms with Crippen molar-refractivity contribution in [1.29, 1.82) is 0 Å². The lowest BCUT2D eigenvalue weighted by Crippen LogP contribution is -1.97. The number of rotatable bonds is 1. The first-order chi connectivity index (χ1) is 7.58. The van der Waals surface area contributed by atoms with Gasteiger partial charge in [0.25, 0.3) is 0 Å². The normalized spacial score (nSPS) is 10.4. The quantitative estimate of drug-likeness (QED) is 0.794. The lowest BCUT2D eigenvalue weighted by Gasteiger charge is -2.04. The maximum Gasteiger partial charge on any atom is 0.162 e. The van der Waals surface area contributed by atoms with Gasteiger partial charge in [-0.05, 0) is 6.92 Å². The highest BCUT2D eigenvalue weighted by Gasteiger charge is 2.09. The van der Waals surface area contributed by atoms with Crippen molar-refractivity contribution in [2.24, 2.45) is 0 Å². The Balaban J connectivity index is 2.52. The van der Waals surface area contributed by atoms with Crippen LogP contribution in [0.3, 0.4) is 0 Å². The number of hydrogen-bond acceptors (Lipinski definition) is 3. The van der Waals surface area contributed by atoms with Gasteiger partial charge in [0.2, 0.25) is 0 Å². The van der Waals surface area contributed by atoms with Crippen molar-refractivity contribution >= 4 is 28.9 Å². The molecule has 5 heteroatoms. The molecule has 2 N–H and O–H groups in total. The SMILES string of the molecule is Cc1ccc(-c2nc(Cl)c(N)c(Cl)n2)cc1. The molecule has 0 saturated heterocycles. The average Bonchev–Trinajstić information content (AvgIpc) is 2.26. The van der Waals surface area contributed by atoms with Crippen LogP contribution in [0.5, 0.6) is 0 Å². The Kier molecular flexibility index (Phi) is 2.99. The van der Waals surface area contributed by atoms with E-state index in [-0.39, 0.29) is 16.0 Å². The molecule has 1 aromatic heterocycles. The number of benzene rings is 1. The molecule has 0 radical (unpaired) electrons. The molecule has 1 aromatic carbocycles. The summed E-state index contributed by atoms with van der Waals surface area (Å²) < 4.78 is 0. The van der Waals surface area contributed by atoms with Gasteiger partial charge in [-0.3, -0.25) is 0 Å². The van der Waals surface area contributed by atoms with Crippen LogP contribution in [0.25, 0.3) is 11.4 Å². The van der Waals surface area contributed by atoms with Gasteiger partial charge < -0.3 is 5.73 Å². The predicted octanol–water partition coefficient (Wildman–Crippen LogP) is 3.34. The number of nitrogen functional groups attached to an aromatic ring is 1. The Labute approximate surface area is 103 Å². The molecule has 0 aliphatic heterocycles. The van der Waals surface area contributed by atoms with Crippen LogP contribution in [-0.2, 0) is 0 Å². The second-order valence-corrected chi connectivity index (χ2v) is 4.12. The summed E-state index contributed by atoms with van der Waals surface area (Å²) in [7, 11) is 0. The second kappa shape index (κ2) is 4.28. The van der Waals surface area contributed by atoms with E-state index in [4.69, 9.17) is 28.9 Å². The summed E-state index contributed by atoms with van der Waals surface area (Å²) >= 11 is 11.7. The van der Waals surface area contributed by atoms with Crippen LogP contribution >= 0.6 is 23.2 Å². The molecule has 0 aliphatic rings. The van der Waals surface area contributed by atoms with Crippen molar-refractivity contribution in [3.8, 4) is 11.4 Å². The number of halogens is 2. The van der Waals surface area contributed by atoms with E-state index in [0.29, 0.717) is 5.82 Å². The molecule has 0 atom stereocenters. The number of aromatic nitrogens is 2. The Morgan fingerprint density at radius 2 is 1.50 bits per heavy atom. The summed E-state index contributed by atoms with van der Waals surface area (Å²) in [6, 6.07) is 7.76. The van der Waals surface area contributed by atoms with Gasteiger partial charge in [0.05, 0.1) is 0 Å². The van der Waals surface area contributed by atoms with E-state index in [1.807, 2.05) is 31.2 Å². The molecule has 0 bridgehead atoms. The molecule has 16 heavy (non-hydrogen) atoms. The highest BCUT2D eigenvalue weighted by atomic mass is 35.5. The van der Waals surface area contributed by atoms with Crippen LogP contribution < -0.4 is 5.73 Å². The fraction of sp³-hybridized carbons (Fsp3) is 0.0909. The van der Waals surface area contributed by atoms with Crippen molar-refractivity contribution in [2.75, 3.05) is 5.73 Å².